The molecular weight excluding hydrogens is 163 g/mol. The molecule has 0 fully saturated rings. The number of rotatable bonds is 1. The predicted molar refractivity (Wildman–Crippen MR) is 46.4 cm³/mol. The molecule has 1 unspecified atom stereocenters. The fraction of sp³-hybridized carbons (Fsp3) is 0.556. The van der Waals surface area contributed by atoms with Crippen molar-refractivity contribution in [3.8, 4) is 0 Å². The van der Waals surface area contributed by atoms with Crippen LogP contribution < -0.4 is 0 Å². The molecule has 1 aliphatic carbocycles. The summed E-state index contributed by atoms with van der Waals surface area (Å²) in [6, 6.07) is 0. The highest BCUT2D eigenvalue weighted by Gasteiger charge is 2.18. The molecule has 0 nitrogen and oxygen atoms in total. The van der Waals surface area contributed by atoms with Crippen LogP contribution in [0.5, 0.6) is 0 Å². The number of alkyl halides is 1. The van der Waals surface area contributed by atoms with E-state index in [0.717, 1.165) is 5.57 Å². The molecule has 1 aliphatic rings. The van der Waals surface area contributed by atoms with Crippen molar-refractivity contribution in [3.63, 3.8) is 0 Å². The van der Waals surface area contributed by atoms with Crippen molar-refractivity contribution in [1.82, 2.24) is 0 Å². The summed E-state index contributed by atoms with van der Waals surface area (Å²) >= 11 is 5.92. The van der Waals surface area contributed by atoms with E-state index in [-0.39, 0.29) is 11.2 Å². The minimum absolute atomic E-state index is 0.116. The molecule has 0 aliphatic heterocycles. The van der Waals surface area contributed by atoms with Crippen LogP contribution in [0.1, 0.15) is 20.3 Å². The molecule has 0 bridgehead atoms. The largest absolute Gasteiger partial charge is 0.212 e. The Hall–Kier alpha value is -0.300. The zero-order valence-corrected chi connectivity index (χ0v) is 7.53. The minimum atomic E-state index is -0.139. The molecule has 2 heteroatoms. The second-order valence-electron chi connectivity index (χ2n) is 3.11. The van der Waals surface area contributed by atoms with Gasteiger partial charge in [-0.2, -0.15) is 0 Å². The smallest absolute Gasteiger partial charge is 0.102 e. The summed E-state index contributed by atoms with van der Waals surface area (Å²) in [5.41, 5.74) is 1.13. The Morgan fingerprint density at radius 3 is 2.64 bits per heavy atom. The average molecular weight is 175 g/mol. The van der Waals surface area contributed by atoms with E-state index in [0.29, 0.717) is 12.3 Å². The monoisotopic (exact) mass is 174 g/mol. The van der Waals surface area contributed by atoms with Crippen molar-refractivity contribution in [3.05, 3.63) is 23.6 Å². The Morgan fingerprint density at radius 2 is 2.18 bits per heavy atom. The maximum atomic E-state index is 12.6. The maximum absolute atomic E-state index is 12.6. The van der Waals surface area contributed by atoms with Crippen molar-refractivity contribution in [2.24, 2.45) is 5.92 Å². The first kappa shape index (κ1) is 8.79. The van der Waals surface area contributed by atoms with E-state index in [1.54, 1.807) is 6.08 Å². The van der Waals surface area contributed by atoms with Crippen LogP contribution in [0, 0.1) is 5.92 Å². The molecule has 1 rings (SSSR count). The molecule has 0 aromatic carbocycles. The van der Waals surface area contributed by atoms with Crippen molar-refractivity contribution in [2.75, 3.05) is 0 Å². The van der Waals surface area contributed by atoms with E-state index in [2.05, 4.69) is 13.8 Å². The lowest BCUT2D eigenvalue weighted by molar-refractivity contribution is 0.569. The van der Waals surface area contributed by atoms with Crippen LogP contribution in [0.4, 0.5) is 4.39 Å². The molecule has 62 valence electrons. The third kappa shape index (κ3) is 2.06. The third-order valence-corrected chi connectivity index (χ3v) is 2.27. The number of hydrogen-bond donors (Lipinski definition) is 0. The minimum Gasteiger partial charge on any atom is -0.212 e. The van der Waals surface area contributed by atoms with Crippen molar-refractivity contribution >= 4 is 11.6 Å². The van der Waals surface area contributed by atoms with Crippen LogP contribution in [0.2, 0.25) is 0 Å². The molecule has 0 amide bonds. The van der Waals surface area contributed by atoms with E-state index in [1.165, 1.54) is 6.08 Å². The summed E-state index contributed by atoms with van der Waals surface area (Å²) < 4.78 is 12.6. The maximum Gasteiger partial charge on any atom is 0.102 e. The van der Waals surface area contributed by atoms with Crippen molar-refractivity contribution < 1.29 is 4.39 Å². The van der Waals surface area contributed by atoms with Gasteiger partial charge in [-0.25, -0.2) is 4.39 Å². The van der Waals surface area contributed by atoms with Crippen LogP contribution >= 0.6 is 11.6 Å². The summed E-state index contributed by atoms with van der Waals surface area (Å²) in [6.07, 6.45) is 3.65. The second kappa shape index (κ2) is 3.40. The fourth-order valence-corrected chi connectivity index (χ4v) is 1.67. The van der Waals surface area contributed by atoms with E-state index < -0.39 is 0 Å². The van der Waals surface area contributed by atoms with Gasteiger partial charge in [0.05, 0.1) is 5.38 Å². The summed E-state index contributed by atoms with van der Waals surface area (Å²) in [5.74, 6) is 0.302. The molecule has 1 atom stereocenters. The summed E-state index contributed by atoms with van der Waals surface area (Å²) in [7, 11) is 0. The lowest BCUT2D eigenvalue weighted by Crippen LogP contribution is -2.11. The van der Waals surface area contributed by atoms with Gasteiger partial charge in [0, 0.05) is 6.42 Å². The topological polar surface area (TPSA) is 0 Å². The zero-order chi connectivity index (χ0) is 8.43. The van der Waals surface area contributed by atoms with Gasteiger partial charge in [-0.3, -0.25) is 0 Å². The molecule has 0 spiro atoms. The quantitative estimate of drug-likeness (QED) is 0.535. The van der Waals surface area contributed by atoms with Gasteiger partial charge < -0.3 is 0 Å². The van der Waals surface area contributed by atoms with Gasteiger partial charge in [0.15, 0.2) is 0 Å². The highest BCUT2D eigenvalue weighted by atomic mass is 35.5. The molecule has 11 heavy (non-hydrogen) atoms. The Labute approximate surface area is 71.7 Å². The van der Waals surface area contributed by atoms with Gasteiger partial charge in [0.25, 0.3) is 0 Å². The van der Waals surface area contributed by atoms with Crippen LogP contribution in [0.3, 0.4) is 0 Å². The zero-order valence-electron chi connectivity index (χ0n) is 6.77. The summed E-state index contributed by atoms with van der Waals surface area (Å²) in [4.78, 5) is 0. The van der Waals surface area contributed by atoms with Crippen LogP contribution in [0.25, 0.3) is 0 Å². The average Bonchev–Trinajstić information content (AvgIpc) is 1.85. The summed E-state index contributed by atoms with van der Waals surface area (Å²) in [6.45, 7) is 4.14. The summed E-state index contributed by atoms with van der Waals surface area (Å²) in [5, 5.41) is -0.139. The molecule has 0 saturated carbocycles. The second-order valence-corrected chi connectivity index (χ2v) is 3.63. The van der Waals surface area contributed by atoms with Crippen LogP contribution in [0.15, 0.2) is 23.6 Å². The number of hydrogen-bond acceptors (Lipinski definition) is 0. The van der Waals surface area contributed by atoms with Gasteiger partial charge in [0.2, 0.25) is 0 Å². The molecule has 0 aromatic rings. The predicted octanol–water partition coefficient (Wildman–Crippen LogP) is 3.43. The first-order valence-corrected chi connectivity index (χ1v) is 4.25. The van der Waals surface area contributed by atoms with Gasteiger partial charge in [-0.1, -0.05) is 19.9 Å². The van der Waals surface area contributed by atoms with Crippen molar-refractivity contribution in [2.45, 2.75) is 25.6 Å². The Bertz CT molecular complexity index is 204. The van der Waals surface area contributed by atoms with Crippen LogP contribution in [-0.4, -0.2) is 5.38 Å². The van der Waals surface area contributed by atoms with E-state index in [4.69, 9.17) is 11.6 Å². The van der Waals surface area contributed by atoms with Gasteiger partial charge in [-0.05, 0) is 17.6 Å². The molecule has 0 N–H and O–H groups in total. The first-order valence-electron chi connectivity index (χ1n) is 3.81. The van der Waals surface area contributed by atoms with Crippen LogP contribution in [-0.2, 0) is 0 Å². The lowest BCUT2D eigenvalue weighted by atomic mass is 9.94. The molecule has 0 radical (unpaired) electrons. The SMILES string of the molecule is CC(C)C1=CC=C(F)CC1Cl. The highest BCUT2D eigenvalue weighted by Crippen LogP contribution is 2.28. The third-order valence-electron chi connectivity index (χ3n) is 1.86. The molecule has 0 aromatic heterocycles. The lowest BCUT2D eigenvalue weighted by Gasteiger charge is -2.19. The van der Waals surface area contributed by atoms with Gasteiger partial charge >= 0.3 is 0 Å². The van der Waals surface area contributed by atoms with E-state index in [9.17, 15) is 4.39 Å². The number of allylic oxidation sites excluding steroid dienone is 4. The van der Waals surface area contributed by atoms with Crippen molar-refractivity contribution in [1.29, 1.82) is 0 Å². The standard InChI is InChI=1S/C9H12ClF/c1-6(2)8-4-3-7(11)5-9(8)10/h3-4,6,9H,5H2,1-2H3. The highest BCUT2D eigenvalue weighted by molar-refractivity contribution is 6.22. The van der Waals surface area contributed by atoms with E-state index >= 15 is 0 Å². The fourth-order valence-electron chi connectivity index (χ4n) is 1.20. The Balaban J connectivity index is 2.78. The normalized spacial score (nSPS) is 25.0. The first-order chi connectivity index (χ1) is 5.11. The molecule has 0 heterocycles. The molecule has 0 saturated heterocycles. The van der Waals surface area contributed by atoms with E-state index in [1.807, 2.05) is 0 Å². The Morgan fingerprint density at radius 1 is 1.55 bits per heavy atom. The van der Waals surface area contributed by atoms with Gasteiger partial charge in [0.1, 0.15) is 5.83 Å². The number of halogens is 2. The van der Waals surface area contributed by atoms with Gasteiger partial charge in [-0.15, -0.1) is 11.6 Å². The Kier molecular flexibility index (Phi) is 2.72. The molecular formula is C9H12ClF.